The van der Waals surface area contributed by atoms with Crippen molar-refractivity contribution in [3.8, 4) is 23.0 Å². The van der Waals surface area contributed by atoms with E-state index in [1.165, 1.54) is 162 Å². The van der Waals surface area contributed by atoms with Gasteiger partial charge in [-0.15, -0.1) is 0 Å². The van der Waals surface area contributed by atoms with E-state index in [-0.39, 0.29) is 119 Å². The second kappa shape index (κ2) is 38.5. The predicted molar refractivity (Wildman–Crippen MR) is 436 cm³/mol. The zero-order valence-corrected chi connectivity index (χ0v) is 68.9. The number of ether oxygens (including phenoxy) is 4. The van der Waals surface area contributed by atoms with Gasteiger partial charge in [0.2, 0.25) is 23.1 Å². The minimum atomic E-state index is -4.25. The average molecular weight is 1780 g/mol. The molecule has 0 aliphatic carbocycles. The van der Waals surface area contributed by atoms with E-state index in [2.05, 4.69) is 38.8 Å². The van der Waals surface area contributed by atoms with Crippen LogP contribution >= 0.6 is 69.6 Å². The molecule has 0 aliphatic rings. The quantitative estimate of drug-likeness (QED) is 0.0408. The van der Waals surface area contributed by atoms with Gasteiger partial charge >= 0.3 is 0 Å². The molecular weight excluding hydrogens is 1710 g/mol. The summed E-state index contributed by atoms with van der Waals surface area (Å²) >= 11 is 35.2. The summed E-state index contributed by atoms with van der Waals surface area (Å²) in [5.41, 5.74) is 0.343. The van der Waals surface area contributed by atoms with Crippen LogP contribution in [0, 0.1) is 38.2 Å². The Labute approximate surface area is 694 Å². The van der Waals surface area contributed by atoms with E-state index in [0.717, 1.165) is 35.9 Å². The first kappa shape index (κ1) is 88.7. The number of benzene rings is 8. The summed E-state index contributed by atoms with van der Waals surface area (Å²) in [5, 5.41) is 0.973. The number of anilines is 4. The summed E-state index contributed by atoms with van der Waals surface area (Å²) in [6.45, 7) is 5.11. The van der Waals surface area contributed by atoms with Gasteiger partial charge in [0.15, 0.2) is 0 Å². The summed E-state index contributed by atoms with van der Waals surface area (Å²) in [5.74, 6) is -4.62. The minimum absolute atomic E-state index is 0.000605. The Hall–Kier alpha value is -11.2. The van der Waals surface area contributed by atoms with Crippen molar-refractivity contribution in [2.75, 3.05) is 47.3 Å². The van der Waals surface area contributed by atoms with E-state index in [1.807, 2.05) is 0 Å². The first-order valence-corrected chi connectivity index (χ1v) is 41.3. The number of methoxy groups -OCH3 is 4. The maximum Gasteiger partial charge on any atom is 0.262 e. The van der Waals surface area contributed by atoms with Crippen molar-refractivity contribution in [1.29, 1.82) is 0 Å². The van der Waals surface area contributed by atoms with Crippen molar-refractivity contribution in [1.82, 2.24) is 19.9 Å². The van der Waals surface area contributed by atoms with Crippen LogP contribution in [0.3, 0.4) is 0 Å². The zero-order chi connectivity index (χ0) is 84.7. The summed E-state index contributed by atoms with van der Waals surface area (Å²) in [4.78, 5) is 67.6. The molecule has 12 rings (SSSR count). The molecule has 600 valence electrons. The number of nitrogens with zero attached hydrogens (tertiary/aromatic N) is 4. The number of carbonyl (C=O) groups excluding carboxylic acids is 4. The minimum Gasteiger partial charge on any atom is -0.496 e. The van der Waals surface area contributed by atoms with Gasteiger partial charge in [-0.2, -0.15) is 0 Å². The third-order valence-corrected chi connectivity index (χ3v) is 23.1. The number of aryl methyl sites for hydroxylation is 3. The Kier molecular flexibility index (Phi) is 29.4. The second-order valence-electron chi connectivity index (χ2n) is 24.1. The van der Waals surface area contributed by atoms with Gasteiger partial charge in [-0.3, -0.25) is 43.1 Å². The molecule has 37 heteroatoms. The topological polar surface area (TPSA) is 341 Å². The van der Waals surface area contributed by atoms with Crippen molar-refractivity contribution in [2.45, 2.75) is 40.4 Å². The molecule has 0 fully saturated rings. The van der Waals surface area contributed by atoms with Crippen molar-refractivity contribution in [2.24, 2.45) is 0 Å². The number of hydrogen-bond acceptors (Lipinski definition) is 20. The molecule has 0 spiro atoms. The third kappa shape index (κ3) is 21.8. The number of sulfonamides is 4. The molecule has 8 aromatic carbocycles. The number of ketones is 4. The lowest BCUT2D eigenvalue weighted by Gasteiger charge is -2.14. The van der Waals surface area contributed by atoms with Crippen LogP contribution in [0.5, 0.6) is 23.0 Å². The molecule has 0 saturated heterocycles. The van der Waals surface area contributed by atoms with E-state index >= 15 is 0 Å². The van der Waals surface area contributed by atoms with Gasteiger partial charge in [0.05, 0.1) is 102 Å². The molecule has 4 aromatic heterocycles. The monoisotopic (exact) mass is 1770 g/mol. The van der Waals surface area contributed by atoms with Crippen LogP contribution in [-0.2, 0) is 40.1 Å². The molecule has 0 saturated carbocycles. The van der Waals surface area contributed by atoms with Crippen molar-refractivity contribution < 1.29 is 85.0 Å². The Morgan fingerprint density at radius 3 is 1.07 bits per heavy atom. The third-order valence-electron chi connectivity index (χ3n) is 16.0. The lowest BCUT2D eigenvalue weighted by atomic mass is 10.0. The van der Waals surface area contributed by atoms with Crippen LogP contribution in [0.4, 0.5) is 35.9 Å². The molecule has 0 amide bonds. The SMILES string of the molecule is COc1cccc(F)c1C(=O)c1ncc(C)cc1NS(=O)(=O)c1ccc(Cl)c(C)c1.COc1cccc(F)c1C(=O)c1ncc(Cl)cc1NS(=O)(=O)c1cccc(C)c1.COc1ccccc1C(=O)c1ncc(Cl)cc1NS(=O)(=O)c1ccc(Cl)c(F)c1.COc1ccccc1C(=O)c1ncc(Cl)cc1NS(=O)(=O)c1ccc(Cl)cc1. The number of para-hydroxylation sites is 2. The van der Waals surface area contributed by atoms with Crippen LogP contribution in [0.15, 0.2) is 238 Å². The number of halogens is 9. The smallest absolute Gasteiger partial charge is 0.262 e. The molecule has 0 unspecified atom stereocenters. The van der Waals surface area contributed by atoms with E-state index in [9.17, 15) is 66.0 Å². The molecule has 12 aromatic rings. The fraction of sp³-hybridized carbons (Fsp3) is 0.0886. The highest BCUT2D eigenvalue weighted by Gasteiger charge is 2.31. The van der Waals surface area contributed by atoms with Crippen molar-refractivity contribution >= 4 is 156 Å². The summed E-state index contributed by atoms with van der Waals surface area (Å²) in [7, 11) is -10.9. The number of nitrogens with one attached hydrogen (secondary N) is 4. The number of hydrogen-bond donors (Lipinski definition) is 4. The van der Waals surface area contributed by atoms with Crippen LogP contribution < -0.4 is 37.8 Å². The second-order valence-corrected chi connectivity index (χ2v) is 33.4. The fourth-order valence-electron chi connectivity index (χ4n) is 10.5. The summed E-state index contributed by atoms with van der Waals surface area (Å²) in [6, 6.07) is 45.2. The maximum atomic E-state index is 14.4. The van der Waals surface area contributed by atoms with Crippen LogP contribution in [0.25, 0.3) is 0 Å². The molecule has 0 aliphatic heterocycles. The Balaban J connectivity index is 0.000000177. The molecule has 0 atom stereocenters. The molecule has 0 bridgehead atoms. The summed E-state index contributed by atoms with van der Waals surface area (Å²) in [6.07, 6.45) is 5.05. The van der Waals surface area contributed by atoms with E-state index in [0.29, 0.717) is 32.7 Å². The van der Waals surface area contributed by atoms with Gasteiger partial charge < -0.3 is 18.9 Å². The van der Waals surface area contributed by atoms with Gasteiger partial charge in [-0.05, 0) is 183 Å². The molecule has 0 radical (unpaired) electrons. The lowest BCUT2D eigenvalue weighted by molar-refractivity contribution is 0.102. The first-order chi connectivity index (χ1) is 54.9. The van der Waals surface area contributed by atoms with Gasteiger partial charge in [0.1, 0.15) is 74.4 Å². The Morgan fingerprint density at radius 1 is 0.319 bits per heavy atom. The average Bonchev–Trinajstić information content (AvgIpc) is 0.800. The highest BCUT2D eigenvalue weighted by Crippen LogP contribution is 2.35. The highest BCUT2D eigenvalue weighted by atomic mass is 35.5. The molecule has 4 N–H and O–H groups in total. The largest absolute Gasteiger partial charge is 0.496 e. The van der Waals surface area contributed by atoms with Gasteiger partial charge in [0.25, 0.3) is 40.1 Å². The number of pyridine rings is 4. The lowest BCUT2D eigenvalue weighted by Crippen LogP contribution is -2.18. The van der Waals surface area contributed by atoms with Crippen LogP contribution in [0.2, 0.25) is 30.1 Å². The van der Waals surface area contributed by atoms with E-state index < -0.39 is 80.7 Å². The molecule has 4 heterocycles. The Bertz CT molecular complexity index is 6290. The Morgan fingerprint density at radius 2 is 0.664 bits per heavy atom. The molecule has 116 heavy (non-hydrogen) atoms. The molecular formula is C79H61Cl6F3N8O16S4. The fourth-order valence-corrected chi connectivity index (χ4v) is 15.8. The normalized spacial score (nSPS) is 11.2. The number of aromatic nitrogens is 4. The number of carbonyl (C=O) groups is 4. The first-order valence-electron chi connectivity index (χ1n) is 33.1. The van der Waals surface area contributed by atoms with E-state index in [1.54, 1.807) is 75.4 Å². The van der Waals surface area contributed by atoms with Gasteiger partial charge in [-0.1, -0.05) is 118 Å². The standard InChI is InChI=1S/C21H18ClFN2O4S.C20H16ClFN2O4S.C19H13Cl2FN2O4S.C19H14Cl2N2O4S/c1-12-9-17(25-30(27,28)14-7-8-15(22)13(2)10-14)20(24-11-12)21(26)19-16(23)5-4-6-18(19)29-3;1-12-5-3-6-14(9-12)29(26,27)24-16-10-13(21)11-23-19(16)20(25)18-15(22)7-4-8-17(18)28-2;1-28-17-5-3-2-4-13(17)19(25)18-16(8-11(20)10-23-18)24-29(26,27)12-6-7-14(21)15(22)9-12;1-27-17-5-3-2-4-15(17)19(24)18-16(10-13(21)11-22-18)23-28(25,26)14-8-6-12(20)7-9-14/h4-11,25H,1-3H3;3-11,24H,1-2H3;2-10,24H,1H3;2-11,23H,1H3. The van der Waals surface area contributed by atoms with Crippen LogP contribution in [-0.4, -0.2) is 105 Å². The number of rotatable bonds is 24. The highest BCUT2D eigenvalue weighted by molar-refractivity contribution is 7.93. The summed E-state index contributed by atoms with van der Waals surface area (Å²) < 4.78 is 174. The van der Waals surface area contributed by atoms with Crippen LogP contribution in [0.1, 0.15) is 80.9 Å². The molecule has 24 nitrogen and oxygen atoms in total. The van der Waals surface area contributed by atoms with Crippen molar-refractivity contribution in [3.63, 3.8) is 0 Å². The zero-order valence-electron chi connectivity index (χ0n) is 61.1. The maximum absolute atomic E-state index is 14.4. The van der Waals surface area contributed by atoms with E-state index in [4.69, 9.17) is 88.6 Å². The van der Waals surface area contributed by atoms with Gasteiger partial charge in [-0.25, -0.2) is 61.8 Å². The predicted octanol–water partition coefficient (Wildman–Crippen LogP) is 17.8. The van der Waals surface area contributed by atoms with Crippen molar-refractivity contribution in [3.05, 3.63) is 328 Å². The van der Waals surface area contributed by atoms with Gasteiger partial charge in [0, 0.05) is 34.8 Å².